The molecule has 3 nitrogen and oxygen atoms in total. The molecule has 1 aromatic carbocycles. The van der Waals surface area contributed by atoms with Gasteiger partial charge in [-0.05, 0) is 37.6 Å². The van der Waals surface area contributed by atoms with Crippen LogP contribution in [0.3, 0.4) is 0 Å². The summed E-state index contributed by atoms with van der Waals surface area (Å²) in [7, 11) is 0. The summed E-state index contributed by atoms with van der Waals surface area (Å²) < 4.78 is 15.9. The van der Waals surface area contributed by atoms with Crippen molar-refractivity contribution in [2.24, 2.45) is 0 Å². The van der Waals surface area contributed by atoms with Gasteiger partial charge in [-0.2, -0.15) is 0 Å². The van der Waals surface area contributed by atoms with Gasteiger partial charge in [0, 0.05) is 24.3 Å². The predicted octanol–water partition coefficient (Wildman–Crippen LogP) is 4.00. The third-order valence-corrected chi connectivity index (χ3v) is 3.62. The lowest BCUT2D eigenvalue weighted by atomic mass is 10.1. The van der Waals surface area contributed by atoms with Gasteiger partial charge in [-0.3, -0.25) is 4.98 Å². The highest BCUT2D eigenvalue weighted by atomic mass is 19.1. The number of hydrogen-bond acceptors (Lipinski definition) is 2. The molecule has 0 fully saturated rings. The molecule has 1 atom stereocenters. The van der Waals surface area contributed by atoms with E-state index in [0.29, 0.717) is 11.4 Å². The summed E-state index contributed by atoms with van der Waals surface area (Å²) in [5, 5.41) is 0. The smallest absolute Gasteiger partial charge is 0.143 e. The summed E-state index contributed by atoms with van der Waals surface area (Å²) in [6.45, 7) is 4.01. The number of hydrogen-bond donors (Lipinski definition) is 0. The zero-order chi connectivity index (χ0) is 14.8. The predicted molar refractivity (Wildman–Crippen MR) is 80.4 cm³/mol. The molecule has 0 saturated heterocycles. The van der Waals surface area contributed by atoms with Crippen molar-refractivity contribution in [3.63, 3.8) is 0 Å². The van der Waals surface area contributed by atoms with Gasteiger partial charge < -0.3 is 4.57 Å². The lowest BCUT2D eigenvalue weighted by Gasteiger charge is -2.17. The lowest BCUT2D eigenvalue weighted by Crippen LogP contribution is -2.08. The third kappa shape index (κ3) is 2.57. The average molecular weight is 281 g/mol. The summed E-state index contributed by atoms with van der Waals surface area (Å²) in [4.78, 5) is 8.64. The number of pyridine rings is 1. The first kappa shape index (κ1) is 13.5. The van der Waals surface area contributed by atoms with Crippen LogP contribution in [0.4, 0.5) is 4.39 Å². The van der Waals surface area contributed by atoms with E-state index in [4.69, 9.17) is 0 Å². The summed E-state index contributed by atoms with van der Waals surface area (Å²) in [5.41, 5.74) is 2.55. The molecule has 1 unspecified atom stereocenters. The van der Waals surface area contributed by atoms with Crippen LogP contribution in [0.15, 0.2) is 55.0 Å². The Bertz CT molecular complexity index is 747. The number of benzene rings is 1. The number of rotatable bonds is 3. The largest absolute Gasteiger partial charge is 0.324 e. The van der Waals surface area contributed by atoms with Crippen LogP contribution >= 0.6 is 0 Å². The molecule has 3 aromatic rings. The van der Waals surface area contributed by atoms with Gasteiger partial charge in [0.15, 0.2) is 0 Å². The third-order valence-electron chi connectivity index (χ3n) is 3.62. The minimum Gasteiger partial charge on any atom is -0.324 e. The van der Waals surface area contributed by atoms with Crippen molar-refractivity contribution in [2.75, 3.05) is 0 Å². The van der Waals surface area contributed by atoms with E-state index in [9.17, 15) is 4.39 Å². The van der Waals surface area contributed by atoms with Crippen molar-refractivity contribution < 1.29 is 4.39 Å². The first-order chi connectivity index (χ1) is 10.2. The van der Waals surface area contributed by atoms with E-state index < -0.39 is 0 Å². The normalized spacial score (nSPS) is 12.3. The molecule has 2 heterocycles. The van der Waals surface area contributed by atoms with Crippen LogP contribution in [0.1, 0.15) is 24.2 Å². The fourth-order valence-electron chi connectivity index (χ4n) is 2.36. The summed E-state index contributed by atoms with van der Waals surface area (Å²) in [5.74, 6) is 0.361. The molecule has 21 heavy (non-hydrogen) atoms. The first-order valence-corrected chi connectivity index (χ1v) is 6.87. The molecule has 4 heteroatoms. The van der Waals surface area contributed by atoms with Gasteiger partial charge in [-0.15, -0.1) is 0 Å². The quantitative estimate of drug-likeness (QED) is 0.726. The molecule has 3 rings (SSSR count). The highest BCUT2D eigenvalue weighted by Crippen LogP contribution is 2.26. The van der Waals surface area contributed by atoms with Crippen LogP contribution < -0.4 is 0 Å². The van der Waals surface area contributed by atoms with Gasteiger partial charge in [-0.25, -0.2) is 9.37 Å². The van der Waals surface area contributed by atoms with Gasteiger partial charge in [0.1, 0.15) is 11.6 Å². The fraction of sp³-hybridized carbons (Fsp3) is 0.176. The van der Waals surface area contributed by atoms with Crippen LogP contribution in [0, 0.1) is 12.7 Å². The number of nitrogens with zero attached hydrogens (tertiary/aromatic N) is 3. The summed E-state index contributed by atoms with van der Waals surface area (Å²) in [6.07, 6.45) is 5.41. The van der Waals surface area contributed by atoms with Crippen LogP contribution in [0.2, 0.25) is 0 Å². The van der Waals surface area contributed by atoms with E-state index in [1.807, 2.05) is 42.1 Å². The molecule has 0 aliphatic rings. The van der Waals surface area contributed by atoms with Crippen LogP contribution in [-0.4, -0.2) is 14.5 Å². The van der Waals surface area contributed by atoms with Crippen molar-refractivity contribution in [3.05, 3.63) is 72.1 Å². The topological polar surface area (TPSA) is 30.7 Å². The molecule has 0 radical (unpaired) electrons. The molecule has 0 N–H and O–H groups in total. The number of aryl methyl sites for hydroxylation is 1. The van der Waals surface area contributed by atoms with Gasteiger partial charge in [0.25, 0.3) is 0 Å². The summed E-state index contributed by atoms with van der Waals surface area (Å²) >= 11 is 0. The molecule has 0 saturated carbocycles. The Labute approximate surface area is 123 Å². The molecule has 0 bridgehead atoms. The molecular weight excluding hydrogens is 265 g/mol. The van der Waals surface area contributed by atoms with Crippen molar-refractivity contribution >= 4 is 0 Å². The molecular formula is C17H16FN3. The second-order valence-corrected chi connectivity index (χ2v) is 5.05. The van der Waals surface area contributed by atoms with E-state index in [-0.39, 0.29) is 11.9 Å². The standard InChI is InChI=1S/C17H16FN3/c1-12-7-8-14(11-20-12)13(2)21-10-9-19-17(21)15-5-3-4-6-16(15)18/h3-11,13H,1-2H3. The van der Waals surface area contributed by atoms with Gasteiger partial charge in [0.2, 0.25) is 0 Å². The van der Waals surface area contributed by atoms with Crippen LogP contribution in [-0.2, 0) is 0 Å². The maximum absolute atomic E-state index is 14.0. The second kappa shape index (κ2) is 5.48. The Morgan fingerprint density at radius 3 is 2.62 bits per heavy atom. The van der Waals surface area contributed by atoms with E-state index in [1.54, 1.807) is 18.3 Å². The van der Waals surface area contributed by atoms with Crippen LogP contribution in [0.5, 0.6) is 0 Å². The van der Waals surface area contributed by atoms with Crippen molar-refractivity contribution in [1.82, 2.24) is 14.5 Å². The highest BCUT2D eigenvalue weighted by molar-refractivity contribution is 5.56. The van der Waals surface area contributed by atoms with Crippen molar-refractivity contribution in [2.45, 2.75) is 19.9 Å². The Morgan fingerprint density at radius 2 is 1.90 bits per heavy atom. The van der Waals surface area contributed by atoms with Crippen molar-refractivity contribution in [3.8, 4) is 11.4 Å². The zero-order valence-electron chi connectivity index (χ0n) is 12.0. The Balaban J connectivity index is 2.03. The minimum absolute atomic E-state index is 0.0372. The number of imidazole rings is 1. The second-order valence-electron chi connectivity index (χ2n) is 5.05. The van der Waals surface area contributed by atoms with E-state index in [0.717, 1.165) is 11.3 Å². The lowest BCUT2D eigenvalue weighted by molar-refractivity contribution is 0.615. The molecule has 0 aliphatic carbocycles. The Kier molecular flexibility index (Phi) is 3.52. The molecule has 0 aliphatic heterocycles. The molecule has 0 spiro atoms. The van der Waals surface area contributed by atoms with Crippen LogP contribution in [0.25, 0.3) is 11.4 Å². The average Bonchev–Trinajstić information content (AvgIpc) is 2.97. The Hall–Kier alpha value is -2.49. The van der Waals surface area contributed by atoms with Gasteiger partial charge >= 0.3 is 0 Å². The first-order valence-electron chi connectivity index (χ1n) is 6.87. The monoisotopic (exact) mass is 281 g/mol. The SMILES string of the molecule is Cc1ccc(C(C)n2ccnc2-c2ccccc2F)cn1. The highest BCUT2D eigenvalue weighted by Gasteiger charge is 2.16. The van der Waals surface area contributed by atoms with Crippen molar-refractivity contribution in [1.29, 1.82) is 0 Å². The maximum Gasteiger partial charge on any atom is 0.143 e. The Morgan fingerprint density at radius 1 is 1.10 bits per heavy atom. The van der Waals surface area contributed by atoms with E-state index in [1.165, 1.54) is 6.07 Å². The van der Waals surface area contributed by atoms with Gasteiger partial charge in [-0.1, -0.05) is 18.2 Å². The van der Waals surface area contributed by atoms with E-state index in [2.05, 4.69) is 16.9 Å². The number of aromatic nitrogens is 3. The number of halogens is 1. The molecule has 0 amide bonds. The zero-order valence-corrected chi connectivity index (χ0v) is 12.0. The molecule has 106 valence electrons. The van der Waals surface area contributed by atoms with Gasteiger partial charge in [0.05, 0.1) is 11.6 Å². The van der Waals surface area contributed by atoms with E-state index >= 15 is 0 Å². The maximum atomic E-state index is 14.0. The molecule has 2 aromatic heterocycles. The fourth-order valence-corrected chi connectivity index (χ4v) is 2.36. The summed E-state index contributed by atoms with van der Waals surface area (Å²) in [6, 6.07) is 10.7. The minimum atomic E-state index is -0.265.